The first-order valence-electron chi connectivity index (χ1n) is 5.27. The summed E-state index contributed by atoms with van der Waals surface area (Å²) in [5.74, 6) is 0.595. The number of benzene rings is 1. The molecule has 0 N–H and O–H groups in total. The summed E-state index contributed by atoms with van der Waals surface area (Å²) in [6, 6.07) is 5.16. The molecule has 1 aromatic rings. The Balaban J connectivity index is 2.44. The Kier molecular flexibility index (Phi) is 3.47. The van der Waals surface area contributed by atoms with Gasteiger partial charge in [0.1, 0.15) is 12.4 Å². The van der Waals surface area contributed by atoms with E-state index in [1.165, 1.54) is 6.92 Å². The SMILES string of the molecule is CC(=O)N1CCOc2ccc(C(=O)CBr)cc21. The summed E-state index contributed by atoms with van der Waals surface area (Å²) in [7, 11) is 0. The van der Waals surface area contributed by atoms with Crippen molar-refractivity contribution < 1.29 is 14.3 Å². The first-order valence-corrected chi connectivity index (χ1v) is 6.39. The number of Topliss-reactive ketones (excluding diaryl/α,β-unsaturated/α-hetero) is 1. The Labute approximate surface area is 108 Å². The summed E-state index contributed by atoms with van der Waals surface area (Å²) < 4.78 is 5.46. The molecule has 1 amide bonds. The van der Waals surface area contributed by atoms with Gasteiger partial charge in [-0.25, -0.2) is 0 Å². The zero-order valence-electron chi connectivity index (χ0n) is 9.40. The van der Waals surface area contributed by atoms with E-state index in [4.69, 9.17) is 4.74 Å². The van der Waals surface area contributed by atoms with Crippen LogP contribution in [0.3, 0.4) is 0 Å². The highest BCUT2D eigenvalue weighted by molar-refractivity contribution is 9.09. The summed E-state index contributed by atoms with van der Waals surface area (Å²) in [5.41, 5.74) is 1.26. The number of rotatable bonds is 2. The first kappa shape index (κ1) is 12.1. The van der Waals surface area contributed by atoms with E-state index in [9.17, 15) is 9.59 Å². The number of amides is 1. The Morgan fingerprint density at radius 2 is 2.24 bits per heavy atom. The molecule has 0 aromatic heterocycles. The van der Waals surface area contributed by atoms with Crippen LogP contribution >= 0.6 is 15.9 Å². The van der Waals surface area contributed by atoms with Gasteiger partial charge in [0.05, 0.1) is 17.6 Å². The highest BCUT2D eigenvalue weighted by Crippen LogP contribution is 2.32. The monoisotopic (exact) mass is 297 g/mol. The van der Waals surface area contributed by atoms with Crippen molar-refractivity contribution in [3.63, 3.8) is 0 Å². The molecular weight excluding hydrogens is 286 g/mol. The van der Waals surface area contributed by atoms with E-state index in [-0.39, 0.29) is 17.0 Å². The number of ether oxygens (including phenoxy) is 1. The Bertz CT molecular complexity index is 473. The van der Waals surface area contributed by atoms with Gasteiger partial charge in [-0.3, -0.25) is 9.59 Å². The molecule has 1 aliphatic rings. The molecule has 0 aliphatic carbocycles. The van der Waals surface area contributed by atoms with Crippen LogP contribution in [-0.4, -0.2) is 30.2 Å². The van der Waals surface area contributed by atoms with Crippen LogP contribution in [-0.2, 0) is 4.79 Å². The lowest BCUT2D eigenvalue weighted by Crippen LogP contribution is -2.36. The molecular formula is C12H12BrNO3. The van der Waals surface area contributed by atoms with Crippen molar-refractivity contribution in [1.82, 2.24) is 0 Å². The number of carbonyl (C=O) groups is 2. The third-order valence-electron chi connectivity index (χ3n) is 2.65. The smallest absolute Gasteiger partial charge is 0.224 e. The van der Waals surface area contributed by atoms with Gasteiger partial charge in [-0.15, -0.1) is 0 Å². The third-order valence-corrected chi connectivity index (χ3v) is 3.15. The number of hydrogen-bond acceptors (Lipinski definition) is 3. The molecule has 0 saturated carbocycles. The molecule has 0 fully saturated rings. The van der Waals surface area contributed by atoms with Crippen LogP contribution in [0.5, 0.6) is 5.75 Å². The largest absolute Gasteiger partial charge is 0.490 e. The van der Waals surface area contributed by atoms with E-state index >= 15 is 0 Å². The van der Waals surface area contributed by atoms with E-state index in [1.807, 2.05) is 0 Å². The number of fused-ring (bicyclic) bond motifs is 1. The van der Waals surface area contributed by atoms with Crippen molar-refractivity contribution in [2.75, 3.05) is 23.4 Å². The van der Waals surface area contributed by atoms with Gasteiger partial charge >= 0.3 is 0 Å². The van der Waals surface area contributed by atoms with Gasteiger partial charge in [-0.2, -0.15) is 0 Å². The molecule has 0 atom stereocenters. The third kappa shape index (κ3) is 2.34. The lowest BCUT2D eigenvalue weighted by Gasteiger charge is -2.28. The second kappa shape index (κ2) is 4.87. The van der Waals surface area contributed by atoms with Crippen molar-refractivity contribution in [3.05, 3.63) is 23.8 Å². The van der Waals surface area contributed by atoms with Crippen LogP contribution < -0.4 is 9.64 Å². The lowest BCUT2D eigenvalue weighted by atomic mass is 10.1. The summed E-state index contributed by atoms with van der Waals surface area (Å²) in [6.07, 6.45) is 0. The molecule has 0 saturated heterocycles. The molecule has 1 heterocycles. The van der Waals surface area contributed by atoms with Crippen LogP contribution in [0.25, 0.3) is 0 Å². The van der Waals surface area contributed by atoms with Gasteiger partial charge in [0.2, 0.25) is 5.91 Å². The van der Waals surface area contributed by atoms with Crippen molar-refractivity contribution >= 4 is 33.3 Å². The minimum Gasteiger partial charge on any atom is -0.490 e. The minimum absolute atomic E-state index is 0.0122. The van der Waals surface area contributed by atoms with Crippen molar-refractivity contribution in [2.45, 2.75) is 6.92 Å². The molecule has 0 spiro atoms. The topological polar surface area (TPSA) is 46.6 Å². The molecule has 0 bridgehead atoms. The minimum atomic E-state index is -0.0435. The Hall–Kier alpha value is -1.36. The van der Waals surface area contributed by atoms with E-state index in [0.29, 0.717) is 30.2 Å². The maximum atomic E-state index is 11.6. The lowest BCUT2D eigenvalue weighted by molar-refractivity contribution is -0.116. The van der Waals surface area contributed by atoms with Gasteiger partial charge in [0.15, 0.2) is 5.78 Å². The molecule has 5 heteroatoms. The molecule has 90 valence electrons. The van der Waals surface area contributed by atoms with Crippen molar-refractivity contribution in [3.8, 4) is 5.75 Å². The average molecular weight is 298 g/mol. The maximum Gasteiger partial charge on any atom is 0.224 e. The molecule has 17 heavy (non-hydrogen) atoms. The van der Waals surface area contributed by atoms with E-state index in [1.54, 1.807) is 23.1 Å². The molecule has 0 unspecified atom stereocenters. The van der Waals surface area contributed by atoms with Crippen LogP contribution in [0.15, 0.2) is 18.2 Å². The number of anilines is 1. The van der Waals surface area contributed by atoms with Crippen molar-refractivity contribution in [2.24, 2.45) is 0 Å². The standard InChI is InChI=1S/C12H12BrNO3/c1-8(15)14-4-5-17-12-3-2-9(6-10(12)14)11(16)7-13/h2-3,6H,4-5,7H2,1H3. The van der Waals surface area contributed by atoms with Crippen LogP contribution in [0.1, 0.15) is 17.3 Å². The number of ketones is 1. The Morgan fingerprint density at radius 3 is 2.88 bits per heavy atom. The average Bonchev–Trinajstić information content (AvgIpc) is 2.36. The highest BCUT2D eigenvalue weighted by Gasteiger charge is 2.22. The second-order valence-corrected chi connectivity index (χ2v) is 4.32. The molecule has 0 radical (unpaired) electrons. The number of alkyl halides is 1. The van der Waals surface area contributed by atoms with Gasteiger partial charge in [-0.1, -0.05) is 15.9 Å². The van der Waals surface area contributed by atoms with Gasteiger partial charge in [0.25, 0.3) is 0 Å². The number of halogens is 1. The van der Waals surface area contributed by atoms with Gasteiger partial charge in [0, 0.05) is 12.5 Å². The predicted molar refractivity (Wildman–Crippen MR) is 68.1 cm³/mol. The van der Waals surface area contributed by atoms with Gasteiger partial charge in [-0.05, 0) is 18.2 Å². The van der Waals surface area contributed by atoms with Crippen LogP contribution in [0, 0.1) is 0 Å². The van der Waals surface area contributed by atoms with Gasteiger partial charge < -0.3 is 9.64 Å². The number of hydrogen-bond donors (Lipinski definition) is 0. The molecule has 1 aliphatic heterocycles. The first-order chi connectivity index (χ1) is 8.13. The van der Waals surface area contributed by atoms with E-state index in [0.717, 1.165) is 0 Å². The molecule has 2 rings (SSSR count). The van der Waals surface area contributed by atoms with Crippen LogP contribution in [0.2, 0.25) is 0 Å². The summed E-state index contributed by atoms with van der Waals surface area (Å²) in [5, 5.41) is 0.271. The summed E-state index contributed by atoms with van der Waals surface area (Å²) in [6.45, 7) is 2.51. The fraction of sp³-hybridized carbons (Fsp3) is 0.333. The Morgan fingerprint density at radius 1 is 1.47 bits per heavy atom. The number of carbonyl (C=O) groups excluding carboxylic acids is 2. The summed E-state index contributed by atoms with van der Waals surface area (Å²) in [4.78, 5) is 24.7. The molecule has 4 nitrogen and oxygen atoms in total. The van der Waals surface area contributed by atoms with Crippen LogP contribution in [0.4, 0.5) is 5.69 Å². The second-order valence-electron chi connectivity index (χ2n) is 3.76. The predicted octanol–water partition coefficient (Wildman–Crippen LogP) is 2.01. The maximum absolute atomic E-state index is 11.6. The zero-order valence-corrected chi connectivity index (χ0v) is 11.0. The number of nitrogens with zero attached hydrogens (tertiary/aromatic N) is 1. The van der Waals surface area contributed by atoms with E-state index < -0.39 is 0 Å². The fourth-order valence-electron chi connectivity index (χ4n) is 1.80. The van der Waals surface area contributed by atoms with Crippen molar-refractivity contribution in [1.29, 1.82) is 0 Å². The van der Waals surface area contributed by atoms with E-state index in [2.05, 4.69) is 15.9 Å². The normalized spacial score (nSPS) is 13.9. The highest BCUT2D eigenvalue weighted by atomic mass is 79.9. The zero-order chi connectivity index (χ0) is 12.4. The summed E-state index contributed by atoms with van der Waals surface area (Å²) >= 11 is 3.13. The molecule has 1 aromatic carbocycles. The quantitative estimate of drug-likeness (QED) is 0.620. The fourth-order valence-corrected chi connectivity index (χ4v) is 2.12.